The third-order valence-corrected chi connectivity index (χ3v) is 5.47. The predicted octanol–water partition coefficient (Wildman–Crippen LogP) is 3.72. The Kier molecular flexibility index (Phi) is 6.72. The highest BCUT2D eigenvalue weighted by Gasteiger charge is 2.32. The van der Waals surface area contributed by atoms with Gasteiger partial charge in [-0.05, 0) is 74.2 Å². The van der Waals surface area contributed by atoms with E-state index in [-0.39, 0.29) is 18.4 Å². The van der Waals surface area contributed by atoms with Crippen LogP contribution in [0.25, 0.3) is 0 Å². The first-order chi connectivity index (χ1) is 14.0. The number of anilines is 2. The number of hydrogen-bond donors (Lipinski definition) is 2. The monoisotopic (exact) mass is 428 g/mol. The molecule has 0 spiro atoms. The van der Waals surface area contributed by atoms with Gasteiger partial charge in [0.05, 0.1) is 7.11 Å². The van der Waals surface area contributed by atoms with Crippen molar-refractivity contribution in [1.29, 1.82) is 0 Å². The van der Waals surface area contributed by atoms with E-state index in [1.165, 1.54) is 11.1 Å². The Morgan fingerprint density at radius 2 is 1.73 bits per heavy atom. The van der Waals surface area contributed by atoms with Gasteiger partial charge >= 0.3 is 0 Å². The molecule has 0 amide bonds. The SMILES string of the molecule is COc1ccc(N2C(N3CCCC3)=NC(N)=NC2Nc2ccc(C)c(C)c2)cc1.Cl. The number of hydrogen-bond acceptors (Lipinski definition) is 7. The summed E-state index contributed by atoms with van der Waals surface area (Å²) in [6.07, 6.45) is 1.92. The number of nitrogens with zero attached hydrogens (tertiary/aromatic N) is 4. The Morgan fingerprint density at radius 3 is 2.37 bits per heavy atom. The molecule has 160 valence electrons. The van der Waals surface area contributed by atoms with Gasteiger partial charge in [0, 0.05) is 24.5 Å². The smallest absolute Gasteiger partial charge is 0.222 e. The zero-order chi connectivity index (χ0) is 20.4. The van der Waals surface area contributed by atoms with Crippen LogP contribution in [0.15, 0.2) is 52.4 Å². The molecule has 30 heavy (non-hydrogen) atoms. The lowest BCUT2D eigenvalue weighted by Crippen LogP contribution is -2.54. The number of methoxy groups -OCH3 is 1. The van der Waals surface area contributed by atoms with Crippen LogP contribution in [0, 0.1) is 13.8 Å². The van der Waals surface area contributed by atoms with Gasteiger partial charge in [-0.25, -0.2) is 4.99 Å². The fourth-order valence-electron chi connectivity index (χ4n) is 3.69. The topological polar surface area (TPSA) is 78.5 Å². The van der Waals surface area contributed by atoms with E-state index in [0.717, 1.165) is 49.0 Å². The van der Waals surface area contributed by atoms with Gasteiger partial charge in [-0.1, -0.05) is 6.07 Å². The number of halogens is 1. The van der Waals surface area contributed by atoms with Crippen LogP contribution < -0.4 is 20.7 Å². The standard InChI is InChI=1S/C22H28N6O.ClH/c1-15-6-7-17(14-16(15)2)24-21-25-20(23)26-22(27-12-4-5-13-27)28(21)18-8-10-19(29-3)11-9-18;/h6-11,14,21,24H,4-5,12-13H2,1-3H3,(H2,23,25);1H. The molecule has 2 heterocycles. The average Bonchev–Trinajstić information content (AvgIpc) is 3.25. The third-order valence-electron chi connectivity index (χ3n) is 5.47. The van der Waals surface area contributed by atoms with Crippen LogP contribution in [0.3, 0.4) is 0 Å². The quantitative estimate of drug-likeness (QED) is 0.776. The summed E-state index contributed by atoms with van der Waals surface area (Å²) in [5.74, 6) is 1.94. The van der Waals surface area contributed by atoms with Crippen LogP contribution in [0.5, 0.6) is 5.75 Å². The molecule has 0 saturated carbocycles. The van der Waals surface area contributed by atoms with Crippen molar-refractivity contribution in [2.24, 2.45) is 15.7 Å². The van der Waals surface area contributed by atoms with Crippen LogP contribution in [-0.2, 0) is 0 Å². The van der Waals surface area contributed by atoms with Gasteiger partial charge in [-0.15, -0.1) is 12.4 Å². The summed E-state index contributed by atoms with van der Waals surface area (Å²) < 4.78 is 5.32. The van der Waals surface area contributed by atoms with Crippen molar-refractivity contribution in [3.63, 3.8) is 0 Å². The van der Waals surface area contributed by atoms with Crippen molar-refractivity contribution < 1.29 is 4.74 Å². The van der Waals surface area contributed by atoms with Crippen LogP contribution in [-0.4, -0.2) is 43.3 Å². The number of likely N-dealkylation sites (tertiary alicyclic amines) is 1. The van der Waals surface area contributed by atoms with Gasteiger partial charge in [0.25, 0.3) is 0 Å². The summed E-state index contributed by atoms with van der Waals surface area (Å²) in [6.45, 7) is 6.15. The van der Waals surface area contributed by atoms with Gasteiger partial charge in [0.2, 0.25) is 18.2 Å². The van der Waals surface area contributed by atoms with Crippen molar-refractivity contribution in [2.45, 2.75) is 33.0 Å². The highest BCUT2D eigenvalue weighted by molar-refractivity contribution is 6.06. The fraction of sp³-hybridized carbons (Fsp3) is 0.364. The van der Waals surface area contributed by atoms with Crippen LogP contribution in [0.2, 0.25) is 0 Å². The number of nitrogens with two attached hydrogens (primary N) is 1. The van der Waals surface area contributed by atoms with Crippen LogP contribution in [0.1, 0.15) is 24.0 Å². The summed E-state index contributed by atoms with van der Waals surface area (Å²) in [5, 5.41) is 3.53. The van der Waals surface area contributed by atoms with Gasteiger partial charge in [-0.2, -0.15) is 4.99 Å². The molecule has 4 rings (SSSR count). The Bertz CT molecular complexity index is 937. The van der Waals surface area contributed by atoms with E-state index in [2.05, 4.69) is 57.1 Å². The molecule has 1 fully saturated rings. The number of guanidine groups is 2. The minimum atomic E-state index is -0.390. The summed E-state index contributed by atoms with van der Waals surface area (Å²) in [7, 11) is 1.67. The van der Waals surface area contributed by atoms with E-state index >= 15 is 0 Å². The molecular weight excluding hydrogens is 400 g/mol. The highest BCUT2D eigenvalue weighted by atomic mass is 35.5. The Hall–Kier alpha value is -2.93. The minimum Gasteiger partial charge on any atom is -0.497 e. The maximum Gasteiger partial charge on any atom is 0.222 e. The Balaban J connectivity index is 0.00000256. The second-order valence-corrected chi connectivity index (χ2v) is 7.48. The molecule has 0 aliphatic carbocycles. The Morgan fingerprint density at radius 1 is 1.03 bits per heavy atom. The van der Waals surface area contributed by atoms with Gasteiger partial charge in [-0.3, -0.25) is 4.90 Å². The normalized spacial score (nSPS) is 18.4. The summed E-state index contributed by atoms with van der Waals surface area (Å²) >= 11 is 0. The largest absolute Gasteiger partial charge is 0.497 e. The molecular formula is C22H29ClN6O. The number of aryl methyl sites for hydroxylation is 2. The van der Waals surface area contributed by atoms with Crippen LogP contribution in [0.4, 0.5) is 11.4 Å². The molecule has 2 aromatic rings. The van der Waals surface area contributed by atoms with E-state index in [1.54, 1.807) is 7.11 Å². The minimum absolute atomic E-state index is 0. The van der Waals surface area contributed by atoms with Crippen molar-refractivity contribution in [3.8, 4) is 5.75 Å². The van der Waals surface area contributed by atoms with Gasteiger partial charge in [0.1, 0.15) is 5.75 Å². The molecule has 0 radical (unpaired) electrons. The zero-order valence-electron chi connectivity index (χ0n) is 17.6. The first-order valence-corrected chi connectivity index (χ1v) is 9.99. The lowest BCUT2D eigenvalue weighted by Gasteiger charge is -2.38. The van der Waals surface area contributed by atoms with Crippen LogP contribution >= 0.6 is 12.4 Å². The lowest BCUT2D eigenvalue weighted by molar-refractivity contribution is 0.415. The van der Waals surface area contributed by atoms with Crippen molar-refractivity contribution >= 4 is 35.7 Å². The molecule has 0 aromatic heterocycles. The van der Waals surface area contributed by atoms with Gasteiger partial charge < -0.3 is 20.7 Å². The molecule has 1 unspecified atom stereocenters. The summed E-state index contributed by atoms with van der Waals surface area (Å²) in [4.78, 5) is 13.6. The first-order valence-electron chi connectivity index (χ1n) is 9.99. The number of nitrogens with one attached hydrogen (secondary N) is 1. The molecule has 1 saturated heterocycles. The van der Waals surface area contributed by atoms with Crippen molar-refractivity contribution in [1.82, 2.24) is 4.90 Å². The average molecular weight is 429 g/mol. The summed E-state index contributed by atoms with van der Waals surface area (Å²) in [5.41, 5.74) is 10.6. The predicted molar refractivity (Wildman–Crippen MR) is 126 cm³/mol. The van der Waals surface area contributed by atoms with Crippen molar-refractivity contribution in [3.05, 3.63) is 53.6 Å². The van der Waals surface area contributed by atoms with E-state index < -0.39 is 6.29 Å². The van der Waals surface area contributed by atoms with E-state index in [0.29, 0.717) is 0 Å². The molecule has 3 N–H and O–H groups in total. The van der Waals surface area contributed by atoms with E-state index in [1.807, 2.05) is 24.3 Å². The van der Waals surface area contributed by atoms with Gasteiger partial charge in [0.15, 0.2) is 0 Å². The third kappa shape index (κ3) is 4.46. The second kappa shape index (κ2) is 9.26. The zero-order valence-corrected chi connectivity index (χ0v) is 18.4. The maximum absolute atomic E-state index is 6.13. The molecule has 1 atom stereocenters. The van der Waals surface area contributed by atoms with Crippen molar-refractivity contribution in [2.75, 3.05) is 30.4 Å². The first kappa shape index (κ1) is 21.8. The molecule has 2 aromatic carbocycles. The molecule has 2 aliphatic rings. The molecule has 7 nitrogen and oxygen atoms in total. The molecule has 8 heteroatoms. The number of rotatable bonds is 4. The Labute approximate surface area is 184 Å². The highest BCUT2D eigenvalue weighted by Crippen LogP contribution is 2.27. The van der Waals surface area contributed by atoms with E-state index in [9.17, 15) is 0 Å². The number of benzene rings is 2. The maximum atomic E-state index is 6.13. The molecule has 2 aliphatic heterocycles. The number of aliphatic imine (C=N–C) groups is 2. The van der Waals surface area contributed by atoms with E-state index in [4.69, 9.17) is 10.5 Å². The second-order valence-electron chi connectivity index (χ2n) is 7.48. The fourth-order valence-corrected chi connectivity index (χ4v) is 3.69. The number of ether oxygens (including phenoxy) is 1. The lowest BCUT2D eigenvalue weighted by atomic mass is 10.1. The molecule has 0 bridgehead atoms. The summed E-state index contributed by atoms with van der Waals surface area (Å²) in [6, 6.07) is 14.3.